The topological polar surface area (TPSA) is 75.9 Å². The van der Waals surface area contributed by atoms with Gasteiger partial charge in [-0.25, -0.2) is 4.79 Å². The van der Waals surface area contributed by atoms with E-state index in [0.717, 1.165) is 11.4 Å². The number of pyridine rings is 2. The van der Waals surface area contributed by atoms with Gasteiger partial charge in [-0.2, -0.15) is 5.26 Å². The van der Waals surface area contributed by atoms with Crippen molar-refractivity contribution in [1.29, 1.82) is 5.26 Å². The maximum atomic E-state index is 10.8. The summed E-state index contributed by atoms with van der Waals surface area (Å²) in [6, 6.07) is 10.0. The van der Waals surface area contributed by atoms with Gasteiger partial charge in [0.25, 0.3) is 0 Å². The number of hydrogen-bond acceptors (Lipinski definition) is 7. The summed E-state index contributed by atoms with van der Waals surface area (Å²) >= 11 is 8.92. The van der Waals surface area contributed by atoms with Gasteiger partial charge in [0.05, 0.1) is 23.6 Å². The molecule has 0 amide bonds. The van der Waals surface area contributed by atoms with Crippen LogP contribution in [0.25, 0.3) is 11.4 Å². The Labute approximate surface area is 217 Å². The normalized spacial score (nSPS) is 10.6. The van der Waals surface area contributed by atoms with Gasteiger partial charge in [0.1, 0.15) is 6.07 Å². The molecule has 0 aliphatic carbocycles. The van der Waals surface area contributed by atoms with E-state index < -0.39 is 5.97 Å². The number of nitrogens with zero attached hydrogens (tertiary/aromatic N) is 3. The second-order valence-electron chi connectivity index (χ2n) is 8.85. The molecule has 0 bridgehead atoms. The zero-order chi connectivity index (χ0) is 23.8. The third-order valence-electron chi connectivity index (χ3n) is 4.31. The average molecular weight is 651 g/mol. The van der Waals surface area contributed by atoms with Crippen molar-refractivity contribution in [3.05, 3.63) is 57.6 Å². The van der Waals surface area contributed by atoms with Crippen LogP contribution in [0.15, 0.2) is 46.5 Å². The van der Waals surface area contributed by atoms with Gasteiger partial charge in [-0.1, -0.05) is 41.5 Å². The molecule has 5 nitrogen and oxygen atoms in total. The van der Waals surface area contributed by atoms with Crippen LogP contribution in [0.4, 0.5) is 0 Å². The van der Waals surface area contributed by atoms with Gasteiger partial charge in [-0.15, -0.1) is 0 Å². The summed E-state index contributed by atoms with van der Waals surface area (Å²) in [4.78, 5) is 19.7. The molecule has 8 heteroatoms. The molecule has 0 aliphatic heterocycles. The summed E-state index contributed by atoms with van der Waals surface area (Å²) in [5.41, 5.74) is 4.44. The van der Waals surface area contributed by atoms with Crippen molar-refractivity contribution in [3.63, 3.8) is 0 Å². The van der Waals surface area contributed by atoms with Crippen LogP contribution in [0.1, 0.15) is 59.6 Å². The first-order valence-corrected chi connectivity index (χ1v) is 10.7. The Morgan fingerprint density at radius 3 is 1.66 bits per heavy atom. The van der Waals surface area contributed by atoms with E-state index in [4.69, 9.17) is 5.26 Å². The first-order chi connectivity index (χ1) is 14.3. The summed E-state index contributed by atoms with van der Waals surface area (Å²) in [5.74, 6) is -0.741. The molecule has 32 heavy (non-hydrogen) atoms. The first-order valence-electron chi connectivity index (χ1n) is 9.90. The smallest absolute Gasteiger partial charge is 0.806 e. The van der Waals surface area contributed by atoms with Gasteiger partial charge < -0.3 is 34.2 Å². The Kier molecular flexibility index (Phi) is 12.2. The number of esters is 1. The standard InChI is InChI=1S/C18H24N2.C6H7NO2S2.Pt/c1-17(2,3)13-7-9-19-15(11-13)16-12-14(8-10-20-16)18(4,5)6;1-2-9-5(8)4(3-7)6(10)11;/h7-12H,1-6H3;10-11H,2H2,1H3;/q;;+2/p-2. The molecule has 0 aliphatic rings. The largest absolute Gasteiger partial charge is 2.00 e. The Morgan fingerprint density at radius 2 is 1.38 bits per heavy atom. The van der Waals surface area contributed by atoms with E-state index >= 15 is 0 Å². The molecular weight excluding hydrogens is 621 g/mol. The van der Waals surface area contributed by atoms with E-state index in [-0.39, 0.29) is 48.3 Å². The van der Waals surface area contributed by atoms with Crippen LogP contribution in [0.5, 0.6) is 0 Å². The van der Waals surface area contributed by atoms with Crippen LogP contribution in [-0.4, -0.2) is 22.5 Å². The minimum atomic E-state index is -0.741. The fourth-order valence-corrected chi connectivity index (χ4v) is 2.71. The van der Waals surface area contributed by atoms with Crippen molar-refractivity contribution in [1.82, 2.24) is 9.97 Å². The van der Waals surface area contributed by atoms with E-state index in [1.807, 2.05) is 12.4 Å². The predicted octanol–water partition coefficient (Wildman–Crippen LogP) is 5.11. The Morgan fingerprint density at radius 1 is 0.969 bits per heavy atom. The van der Waals surface area contributed by atoms with Gasteiger partial charge in [0.15, 0.2) is 0 Å². The van der Waals surface area contributed by atoms with Crippen LogP contribution in [0.3, 0.4) is 0 Å². The fourth-order valence-electron chi connectivity index (χ4n) is 2.45. The van der Waals surface area contributed by atoms with Crippen molar-refractivity contribution in [2.75, 3.05) is 6.61 Å². The molecule has 0 spiro atoms. The molecule has 0 atom stereocenters. The molecule has 2 aromatic rings. The Bertz CT molecular complexity index is 928. The molecule has 174 valence electrons. The minimum Gasteiger partial charge on any atom is -0.806 e. The number of nitriles is 1. The van der Waals surface area contributed by atoms with E-state index in [1.54, 1.807) is 13.0 Å². The molecule has 2 rings (SSSR count). The van der Waals surface area contributed by atoms with Gasteiger partial charge in [0.2, 0.25) is 0 Å². The third-order valence-corrected chi connectivity index (χ3v) is 4.72. The SMILES string of the molecule is CC(C)(C)c1ccnc(-c2cc(C(C)(C)C)ccn2)c1.CCOC(=O)C(C#N)=C([S-])[S-].[Pt+2]. The van der Waals surface area contributed by atoms with Crippen LogP contribution in [-0.2, 0) is 66.7 Å². The maximum Gasteiger partial charge on any atom is 2.00 e. The number of carbonyl (C=O) groups excluding carboxylic acids is 1. The number of carbonyl (C=O) groups is 1. The summed E-state index contributed by atoms with van der Waals surface area (Å²) < 4.78 is 4.36. The molecule has 0 saturated heterocycles. The maximum absolute atomic E-state index is 10.8. The number of rotatable bonds is 3. The van der Waals surface area contributed by atoms with Gasteiger partial charge in [0, 0.05) is 12.4 Å². The Hall–Kier alpha value is -1.87. The molecule has 0 saturated carbocycles. The van der Waals surface area contributed by atoms with Crippen molar-refractivity contribution in [2.24, 2.45) is 0 Å². The minimum absolute atomic E-state index is 0. The summed E-state index contributed by atoms with van der Waals surface area (Å²) in [6.45, 7) is 15.1. The van der Waals surface area contributed by atoms with Crippen LogP contribution in [0.2, 0.25) is 0 Å². The molecular formula is C24H29N3O2PtS2. The molecule has 2 heterocycles. The number of ether oxygens (including phenoxy) is 1. The van der Waals surface area contributed by atoms with Crippen molar-refractivity contribution in [2.45, 2.75) is 59.3 Å². The monoisotopic (exact) mass is 650 g/mol. The van der Waals surface area contributed by atoms with E-state index in [0.29, 0.717) is 0 Å². The number of hydrogen-bond donors (Lipinski definition) is 0. The molecule has 0 fully saturated rings. The predicted molar refractivity (Wildman–Crippen MR) is 129 cm³/mol. The summed E-state index contributed by atoms with van der Waals surface area (Å²) in [6.07, 6.45) is 3.75. The zero-order valence-electron chi connectivity index (χ0n) is 19.5. The van der Waals surface area contributed by atoms with E-state index in [1.165, 1.54) is 11.1 Å². The first kappa shape index (κ1) is 30.1. The molecule has 0 N–H and O–H groups in total. The molecule has 2 aromatic heterocycles. The summed E-state index contributed by atoms with van der Waals surface area (Å²) in [5, 5.41) is 8.35. The van der Waals surface area contributed by atoms with Crippen LogP contribution in [0, 0.1) is 11.3 Å². The van der Waals surface area contributed by atoms with Crippen molar-refractivity contribution < 1.29 is 30.6 Å². The van der Waals surface area contributed by atoms with Gasteiger partial charge in [-0.3, -0.25) is 9.97 Å². The summed E-state index contributed by atoms with van der Waals surface area (Å²) in [7, 11) is 0. The molecule has 0 aromatic carbocycles. The molecule has 0 unspecified atom stereocenters. The average Bonchev–Trinajstić information content (AvgIpc) is 2.68. The second kappa shape index (κ2) is 13.0. The zero-order valence-corrected chi connectivity index (χ0v) is 23.4. The van der Waals surface area contributed by atoms with Gasteiger partial charge in [-0.05, 0) is 53.1 Å². The Balaban J connectivity index is 0.000000690. The third kappa shape index (κ3) is 9.32. The van der Waals surface area contributed by atoms with Crippen molar-refractivity contribution in [3.8, 4) is 17.5 Å². The van der Waals surface area contributed by atoms with E-state index in [9.17, 15) is 4.79 Å². The molecule has 0 radical (unpaired) electrons. The van der Waals surface area contributed by atoms with E-state index in [2.05, 4.69) is 106 Å². The quantitative estimate of drug-likeness (QED) is 0.198. The van der Waals surface area contributed by atoms with Crippen molar-refractivity contribution >= 4 is 31.2 Å². The van der Waals surface area contributed by atoms with Crippen LogP contribution < -0.4 is 0 Å². The number of aromatic nitrogens is 2. The van der Waals surface area contributed by atoms with Crippen LogP contribution >= 0.6 is 0 Å². The fraction of sp³-hybridized carbons (Fsp3) is 0.417. The second-order valence-corrected chi connectivity index (χ2v) is 9.93. The van der Waals surface area contributed by atoms with Gasteiger partial charge >= 0.3 is 27.0 Å².